The SMILES string of the molecule is Fc1cccc(-c2ccc(C(c3ccc(-c4ccccc4)cc3)(c3ccc(-c4cccc(F)c4)cc3)c3cccc(F)c3)cc2)c1. The maximum atomic E-state index is 15.1. The van der Waals surface area contributed by atoms with Crippen LogP contribution in [-0.4, -0.2) is 0 Å². The van der Waals surface area contributed by atoms with Gasteiger partial charge >= 0.3 is 0 Å². The molecule has 7 rings (SSSR count). The molecule has 0 fully saturated rings. The minimum atomic E-state index is -0.918. The minimum absolute atomic E-state index is 0.299. The van der Waals surface area contributed by atoms with E-state index >= 15 is 4.39 Å². The van der Waals surface area contributed by atoms with Gasteiger partial charge in [-0.1, -0.05) is 140 Å². The molecule has 0 aliphatic carbocycles. The van der Waals surface area contributed by atoms with E-state index < -0.39 is 5.41 Å². The van der Waals surface area contributed by atoms with Crippen molar-refractivity contribution >= 4 is 0 Å². The molecular formula is C43H29F3. The Kier molecular flexibility index (Phi) is 7.82. The van der Waals surface area contributed by atoms with Crippen molar-refractivity contribution < 1.29 is 13.2 Å². The molecule has 0 aliphatic rings. The van der Waals surface area contributed by atoms with Gasteiger partial charge in [-0.25, -0.2) is 13.2 Å². The smallest absolute Gasteiger partial charge is 0.123 e. The summed E-state index contributed by atoms with van der Waals surface area (Å²) in [7, 11) is 0. The van der Waals surface area contributed by atoms with Gasteiger partial charge in [0.1, 0.15) is 17.5 Å². The van der Waals surface area contributed by atoms with Crippen molar-refractivity contribution in [2.75, 3.05) is 0 Å². The zero-order valence-electron chi connectivity index (χ0n) is 24.9. The maximum Gasteiger partial charge on any atom is 0.123 e. The molecule has 0 saturated carbocycles. The lowest BCUT2D eigenvalue weighted by atomic mass is 9.64. The Labute approximate surface area is 267 Å². The van der Waals surface area contributed by atoms with Crippen molar-refractivity contribution in [3.05, 3.63) is 216 Å². The molecule has 7 aromatic rings. The van der Waals surface area contributed by atoms with Gasteiger partial charge in [-0.2, -0.15) is 0 Å². The molecule has 0 aromatic heterocycles. The number of rotatable bonds is 7. The second-order valence-corrected chi connectivity index (χ2v) is 11.4. The monoisotopic (exact) mass is 602 g/mol. The maximum absolute atomic E-state index is 15.1. The molecule has 46 heavy (non-hydrogen) atoms. The molecule has 0 nitrogen and oxygen atoms in total. The molecule has 0 amide bonds. The topological polar surface area (TPSA) is 0 Å². The van der Waals surface area contributed by atoms with E-state index in [-0.39, 0.29) is 17.5 Å². The van der Waals surface area contributed by atoms with E-state index in [1.165, 1.54) is 30.3 Å². The molecule has 3 heteroatoms. The largest absolute Gasteiger partial charge is 0.207 e. The molecule has 0 atom stereocenters. The van der Waals surface area contributed by atoms with Gasteiger partial charge in [0.05, 0.1) is 5.41 Å². The summed E-state index contributed by atoms with van der Waals surface area (Å²) in [6, 6.07) is 54.4. The minimum Gasteiger partial charge on any atom is -0.207 e. The van der Waals surface area contributed by atoms with E-state index in [0.29, 0.717) is 0 Å². The van der Waals surface area contributed by atoms with Crippen molar-refractivity contribution in [3.63, 3.8) is 0 Å². The van der Waals surface area contributed by atoms with E-state index in [0.717, 1.165) is 55.6 Å². The van der Waals surface area contributed by atoms with E-state index in [2.05, 4.69) is 36.4 Å². The van der Waals surface area contributed by atoms with Gasteiger partial charge in [0.15, 0.2) is 0 Å². The summed E-state index contributed by atoms with van der Waals surface area (Å²) in [4.78, 5) is 0. The average Bonchev–Trinajstić information content (AvgIpc) is 3.10. The second kappa shape index (κ2) is 12.4. The first kappa shape index (κ1) is 29.1. The van der Waals surface area contributed by atoms with Crippen LogP contribution in [0, 0.1) is 17.5 Å². The van der Waals surface area contributed by atoms with Crippen molar-refractivity contribution in [1.29, 1.82) is 0 Å². The lowest BCUT2D eigenvalue weighted by Crippen LogP contribution is -2.31. The van der Waals surface area contributed by atoms with Crippen LogP contribution in [0.2, 0.25) is 0 Å². The molecule has 0 bridgehead atoms. The van der Waals surface area contributed by atoms with Crippen LogP contribution in [0.3, 0.4) is 0 Å². The van der Waals surface area contributed by atoms with Crippen molar-refractivity contribution in [2.24, 2.45) is 0 Å². The highest BCUT2D eigenvalue weighted by molar-refractivity contribution is 5.70. The Hall–Kier alpha value is -5.67. The van der Waals surface area contributed by atoms with E-state index in [9.17, 15) is 8.78 Å². The third-order valence-corrected chi connectivity index (χ3v) is 8.63. The van der Waals surface area contributed by atoms with Crippen LogP contribution in [0.5, 0.6) is 0 Å². The summed E-state index contributed by atoms with van der Waals surface area (Å²) in [5.41, 5.74) is 8.10. The molecule has 0 heterocycles. The molecule has 0 radical (unpaired) electrons. The van der Waals surface area contributed by atoms with Crippen LogP contribution in [0.1, 0.15) is 22.3 Å². The van der Waals surface area contributed by atoms with Crippen molar-refractivity contribution in [1.82, 2.24) is 0 Å². The summed E-state index contributed by atoms with van der Waals surface area (Å²) >= 11 is 0. The Morgan fingerprint density at radius 2 is 0.609 bits per heavy atom. The van der Waals surface area contributed by atoms with Crippen LogP contribution in [-0.2, 0) is 5.41 Å². The molecule has 0 unspecified atom stereocenters. The first-order valence-corrected chi connectivity index (χ1v) is 15.2. The van der Waals surface area contributed by atoms with Gasteiger partial charge in [-0.15, -0.1) is 0 Å². The number of hydrogen-bond acceptors (Lipinski definition) is 0. The van der Waals surface area contributed by atoms with E-state index in [1.54, 1.807) is 24.3 Å². The van der Waals surface area contributed by atoms with E-state index in [4.69, 9.17) is 0 Å². The Balaban J connectivity index is 1.45. The fraction of sp³-hybridized carbons (Fsp3) is 0.0233. The highest BCUT2D eigenvalue weighted by atomic mass is 19.1. The first-order valence-electron chi connectivity index (χ1n) is 15.2. The van der Waals surface area contributed by atoms with Gasteiger partial charge in [0, 0.05) is 0 Å². The Bertz CT molecular complexity index is 2010. The zero-order chi connectivity index (χ0) is 31.5. The summed E-state index contributed by atoms with van der Waals surface area (Å²) < 4.78 is 43.3. The standard InChI is InChI=1S/C43H29F3/c44-40-12-4-9-34(27-40)32-17-23-37(24-18-32)43(39-11-6-14-42(46)29-39,36-21-15-31(16-22-36)30-7-2-1-3-8-30)38-25-19-33(20-26-38)35-10-5-13-41(45)28-35/h1-29H. The van der Waals surface area contributed by atoms with Crippen molar-refractivity contribution in [2.45, 2.75) is 5.41 Å². The van der Waals surface area contributed by atoms with E-state index in [1.807, 2.05) is 84.9 Å². The van der Waals surface area contributed by atoms with Gasteiger partial charge in [-0.3, -0.25) is 0 Å². The molecule has 7 aromatic carbocycles. The molecular weight excluding hydrogens is 573 g/mol. The highest BCUT2D eigenvalue weighted by Crippen LogP contribution is 2.46. The van der Waals surface area contributed by atoms with Crippen LogP contribution in [0.4, 0.5) is 13.2 Å². The van der Waals surface area contributed by atoms with Gasteiger partial charge < -0.3 is 0 Å². The molecule has 0 N–H and O–H groups in total. The number of benzene rings is 7. The lowest BCUT2D eigenvalue weighted by Gasteiger charge is -2.37. The second-order valence-electron chi connectivity index (χ2n) is 11.4. The molecule has 0 spiro atoms. The summed E-state index contributed by atoms with van der Waals surface area (Å²) in [5.74, 6) is -0.935. The van der Waals surface area contributed by atoms with Crippen LogP contribution >= 0.6 is 0 Å². The van der Waals surface area contributed by atoms with Gasteiger partial charge in [-0.05, 0) is 92.0 Å². The normalized spacial score (nSPS) is 11.4. The van der Waals surface area contributed by atoms with Crippen LogP contribution in [0.25, 0.3) is 33.4 Å². The van der Waals surface area contributed by atoms with Gasteiger partial charge in [0.2, 0.25) is 0 Å². The first-order chi connectivity index (χ1) is 22.5. The van der Waals surface area contributed by atoms with Crippen molar-refractivity contribution in [3.8, 4) is 33.4 Å². The molecule has 222 valence electrons. The number of hydrogen-bond donors (Lipinski definition) is 0. The zero-order valence-corrected chi connectivity index (χ0v) is 24.9. The molecule has 0 saturated heterocycles. The average molecular weight is 603 g/mol. The Morgan fingerprint density at radius 1 is 0.261 bits per heavy atom. The van der Waals surface area contributed by atoms with Crippen LogP contribution in [0.15, 0.2) is 176 Å². The lowest BCUT2D eigenvalue weighted by molar-refractivity contribution is 0.619. The predicted octanol–water partition coefficient (Wildman–Crippen LogP) is 11.5. The quantitative estimate of drug-likeness (QED) is 0.159. The predicted molar refractivity (Wildman–Crippen MR) is 181 cm³/mol. The third kappa shape index (κ3) is 5.52. The summed E-state index contributed by atoms with van der Waals surface area (Å²) in [6.45, 7) is 0. The Morgan fingerprint density at radius 3 is 1.02 bits per heavy atom. The fourth-order valence-corrected chi connectivity index (χ4v) is 6.43. The van der Waals surface area contributed by atoms with Crippen LogP contribution < -0.4 is 0 Å². The fourth-order valence-electron chi connectivity index (χ4n) is 6.43. The number of halogens is 3. The summed E-state index contributed by atoms with van der Waals surface area (Å²) in [6.07, 6.45) is 0. The highest BCUT2D eigenvalue weighted by Gasteiger charge is 2.38. The third-order valence-electron chi connectivity index (χ3n) is 8.63. The van der Waals surface area contributed by atoms with Gasteiger partial charge in [0.25, 0.3) is 0 Å². The molecule has 0 aliphatic heterocycles. The summed E-state index contributed by atoms with van der Waals surface area (Å²) in [5, 5.41) is 0.